The molecule has 0 radical (unpaired) electrons. The number of piperidine rings is 1. The molecule has 3 fully saturated rings. The molecule has 3 aliphatic rings. The van der Waals surface area contributed by atoms with E-state index in [-0.39, 0.29) is 11.1 Å². The first kappa shape index (κ1) is 24.6. The number of anilines is 1. The second-order valence-corrected chi connectivity index (χ2v) is 10.3. The average molecular weight is 503 g/mol. The predicted octanol–water partition coefficient (Wildman–Crippen LogP) is 5.97. The van der Waals surface area contributed by atoms with Crippen LogP contribution >= 0.6 is 0 Å². The molecule has 2 aromatic rings. The molecule has 2 saturated heterocycles. The van der Waals surface area contributed by atoms with Gasteiger partial charge >= 0.3 is 18.2 Å². The number of nitrogens with zero attached hydrogens (tertiary/aromatic N) is 2. The van der Waals surface area contributed by atoms with Crippen LogP contribution in [0.4, 0.5) is 23.7 Å². The third-order valence-electron chi connectivity index (χ3n) is 7.89. The molecule has 1 aliphatic carbocycles. The van der Waals surface area contributed by atoms with E-state index in [4.69, 9.17) is 9.84 Å². The SMILES string of the molecule is Cc1cc(C2CCC2)c(CN2CCC3(CC2)CN(c2ccc(C(=O)O)cc2)C(=O)O3)cc1C(F)(F)F. The van der Waals surface area contributed by atoms with Crippen molar-refractivity contribution in [3.8, 4) is 0 Å². The van der Waals surface area contributed by atoms with E-state index >= 15 is 0 Å². The zero-order valence-corrected chi connectivity index (χ0v) is 20.1. The van der Waals surface area contributed by atoms with Crippen molar-refractivity contribution >= 4 is 17.7 Å². The minimum absolute atomic E-state index is 0.139. The van der Waals surface area contributed by atoms with Gasteiger partial charge in [-0.3, -0.25) is 9.80 Å². The molecular formula is C27H29F3N2O4. The third kappa shape index (κ3) is 4.68. The lowest BCUT2D eigenvalue weighted by atomic mass is 9.77. The van der Waals surface area contributed by atoms with Gasteiger partial charge in [-0.15, -0.1) is 0 Å². The van der Waals surface area contributed by atoms with Crippen LogP contribution in [0, 0.1) is 6.92 Å². The van der Waals surface area contributed by atoms with Crippen molar-refractivity contribution in [2.45, 2.75) is 63.3 Å². The number of hydrogen-bond acceptors (Lipinski definition) is 4. The first-order chi connectivity index (χ1) is 17.0. The Hall–Kier alpha value is -3.07. The Morgan fingerprint density at radius 3 is 2.36 bits per heavy atom. The highest BCUT2D eigenvalue weighted by Crippen LogP contribution is 2.42. The monoisotopic (exact) mass is 502 g/mol. The molecule has 2 aromatic carbocycles. The Kier molecular flexibility index (Phi) is 6.22. The zero-order valence-electron chi connectivity index (χ0n) is 20.1. The second-order valence-electron chi connectivity index (χ2n) is 10.3. The van der Waals surface area contributed by atoms with Gasteiger partial charge in [0.15, 0.2) is 0 Å². The number of aryl methyl sites for hydroxylation is 1. The molecule has 2 aliphatic heterocycles. The molecule has 5 rings (SSSR count). The fourth-order valence-corrected chi connectivity index (χ4v) is 5.54. The minimum atomic E-state index is -4.38. The Labute approximate surface area is 207 Å². The van der Waals surface area contributed by atoms with E-state index in [1.807, 2.05) is 0 Å². The summed E-state index contributed by atoms with van der Waals surface area (Å²) in [6, 6.07) is 9.17. The summed E-state index contributed by atoms with van der Waals surface area (Å²) in [5.74, 6) is -0.709. The van der Waals surface area contributed by atoms with Crippen LogP contribution in [0.3, 0.4) is 0 Å². The van der Waals surface area contributed by atoms with Crippen LogP contribution in [0.2, 0.25) is 0 Å². The predicted molar refractivity (Wildman–Crippen MR) is 127 cm³/mol. The summed E-state index contributed by atoms with van der Waals surface area (Å²) < 4.78 is 46.6. The Morgan fingerprint density at radius 2 is 1.81 bits per heavy atom. The van der Waals surface area contributed by atoms with E-state index in [2.05, 4.69) is 4.90 Å². The molecule has 1 amide bonds. The van der Waals surface area contributed by atoms with Crippen LogP contribution in [0.25, 0.3) is 0 Å². The van der Waals surface area contributed by atoms with Crippen LogP contribution in [0.1, 0.15) is 70.6 Å². The summed E-state index contributed by atoms with van der Waals surface area (Å²) in [6.45, 7) is 3.56. The molecule has 0 atom stereocenters. The number of carbonyl (C=O) groups excluding carboxylic acids is 1. The molecule has 192 valence electrons. The van der Waals surface area contributed by atoms with Crippen molar-refractivity contribution in [3.63, 3.8) is 0 Å². The topological polar surface area (TPSA) is 70.1 Å². The van der Waals surface area contributed by atoms with Gasteiger partial charge in [0.25, 0.3) is 0 Å². The minimum Gasteiger partial charge on any atom is -0.478 e. The maximum atomic E-state index is 13.6. The highest BCUT2D eigenvalue weighted by Gasteiger charge is 2.47. The van der Waals surface area contributed by atoms with E-state index < -0.39 is 29.4 Å². The number of likely N-dealkylation sites (tertiary alicyclic amines) is 1. The van der Waals surface area contributed by atoms with Crippen molar-refractivity contribution < 1.29 is 32.6 Å². The van der Waals surface area contributed by atoms with Gasteiger partial charge in [-0.1, -0.05) is 12.5 Å². The number of carbonyl (C=O) groups is 2. The van der Waals surface area contributed by atoms with Gasteiger partial charge in [-0.25, -0.2) is 9.59 Å². The second kappa shape index (κ2) is 9.10. The standard InChI is InChI=1S/C27H29F3N2O4/c1-17-13-22(18-3-2-4-18)20(14-23(17)27(28,29)30)15-31-11-9-26(10-12-31)16-32(25(35)36-26)21-7-5-19(6-8-21)24(33)34/h5-8,13-14,18H,2-4,9-12,15-16H2,1H3,(H,33,34). The van der Waals surface area contributed by atoms with Crippen molar-refractivity contribution in [2.24, 2.45) is 0 Å². The lowest BCUT2D eigenvalue weighted by Gasteiger charge is -2.38. The third-order valence-corrected chi connectivity index (χ3v) is 7.89. The summed E-state index contributed by atoms with van der Waals surface area (Å²) in [4.78, 5) is 27.4. The number of amides is 1. The quantitative estimate of drug-likeness (QED) is 0.546. The maximum absolute atomic E-state index is 13.6. The molecular weight excluding hydrogens is 473 g/mol. The molecule has 1 saturated carbocycles. The maximum Gasteiger partial charge on any atom is 0.416 e. The summed E-state index contributed by atoms with van der Waals surface area (Å²) >= 11 is 0. The fraction of sp³-hybridized carbons (Fsp3) is 0.481. The molecule has 2 heterocycles. The van der Waals surface area contributed by atoms with Gasteiger partial charge in [0.05, 0.1) is 17.7 Å². The van der Waals surface area contributed by atoms with E-state index in [0.717, 1.165) is 30.4 Å². The van der Waals surface area contributed by atoms with Crippen LogP contribution < -0.4 is 4.90 Å². The Morgan fingerprint density at radius 1 is 1.14 bits per heavy atom. The number of carboxylic acid groups (broad SMARTS) is 1. The molecule has 36 heavy (non-hydrogen) atoms. The van der Waals surface area contributed by atoms with E-state index in [1.165, 1.54) is 30.0 Å². The summed E-state index contributed by atoms with van der Waals surface area (Å²) in [5, 5.41) is 9.09. The molecule has 9 heteroatoms. The number of ether oxygens (including phenoxy) is 1. The van der Waals surface area contributed by atoms with Crippen molar-refractivity contribution in [2.75, 3.05) is 24.5 Å². The summed E-state index contributed by atoms with van der Waals surface area (Å²) in [6.07, 6.45) is -0.546. The fourth-order valence-electron chi connectivity index (χ4n) is 5.54. The largest absolute Gasteiger partial charge is 0.478 e. The van der Waals surface area contributed by atoms with Crippen LogP contribution in [0.15, 0.2) is 36.4 Å². The van der Waals surface area contributed by atoms with Crippen LogP contribution in [-0.2, 0) is 17.5 Å². The number of benzene rings is 2. The number of halogens is 3. The number of carboxylic acids is 1. The number of aromatic carboxylic acids is 1. The molecule has 0 aromatic heterocycles. The lowest BCUT2D eigenvalue weighted by molar-refractivity contribution is -0.138. The molecule has 6 nitrogen and oxygen atoms in total. The van der Waals surface area contributed by atoms with Crippen molar-refractivity contribution in [3.05, 3.63) is 64.2 Å². The molecule has 0 bridgehead atoms. The average Bonchev–Trinajstić information content (AvgIpc) is 3.11. The Bertz CT molecular complexity index is 1170. The van der Waals surface area contributed by atoms with Crippen LogP contribution in [0.5, 0.6) is 0 Å². The molecule has 1 N–H and O–H groups in total. The number of rotatable bonds is 5. The Balaban J connectivity index is 1.28. The highest BCUT2D eigenvalue weighted by atomic mass is 19.4. The normalized spacial score (nSPS) is 20.4. The first-order valence-corrected chi connectivity index (χ1v) is 12.3. The van der Waals surface area contributed by atoms with Crippen LogP contribution in [-0.4, -0.2) is 47.3 Å². The highest BCUT2D eigenvalue weighted by molar-refractivity contribution is 5.92. The number of alkyl halides is 3. The smallest absolute Gasteiger partial charge is 0.416 e. The summed E-state index contributed by atoms with van der Waals surface area (Å²) in [5.41, 5.74) is 1.56. The van der Waals surface area contributed by atoms with E-state index in [1.54, 1.807) is 18.2 Å². The first-order valence-electron chi connectivity index (χ1n) is 12.3. The van der Waals surface area contributed by atoms with Crippen molar-refractivity contribution in [1.82, 2.24) is 4.90 Å². The van der Waals surface area contributed by atoms with Gasteiger partial charge in [-0.05, 0) is 72.7 Å². The molecule has 1 spiro atoms. The van der Waals surface area contributed by atoms with Gasteiger partial charge in [0.2, 0.25) is 0 Å². The van der Waals surface area contributed by atoms with Gasteiger partial charge in [0.1, 0.15) is 5.60 Å². The summed E-state index contributed by atoms with van der Waals surface area (Å²) in [7, 11) is 0. The van der Waals surface area contributed by atoms with Crippen molar-refractivity contribution in [1.29, 1.82) is 0 Å². The zero-order chi connectivity index (χ0) is 25.7. The van der Waals surface area contributed by atoms with Gasteiger partial charge in [-0.2, -0.15) is 13.2 Å². The van der Waals surface area contributed by atoms with Gasteiger partial charge < -0.3 is 9.84 Å². The number of hydrogen-bond donors (Lipinski definition) is 1. The lowest BCUT2D eigenvalue weighted by Crippen LogP contribution is -2.46. The van der Waals surface area contributed by atoms with E-state index in [9.17, 15) is 22.8 Å². The molecule has 0 unspecified atom stereocenters. The van der Waals surface area contributed by atoms with Gasteiger partial charge in [0, 0.05) is 38.2 Å². The van der Waals surface area contributed by atoms with E-state index in [0.29, 0.717) is 50.6 Å².